The van der Waals surface area contributed by atoms with E-state index in [1.54, 1.807) is 7.11 Å². The molecule has 1 unspecified atom stereocenters. The Morgan fingerprint density at radius 2 is 1.89 bits per heavy atom. The smallest absolute Gasteiger partial charge is 0.253 e. The zero-order valence-corrected chi connectivity index (χ0v) is 23.3. The van der Waals surface area contributed by atoms with Gasteiger partial charge in [-0.2, -0.15) is 0 Å². The van der Waals surface area contributed by atoms with Crippen LogP contribution in [0, 0.1) is 12.8 Å². The van der Waals surface area contributed by atoms with Gasteiger partial charge in [0, 0.05) is 34.8 Å². The molecule has 0 saturated carbocycles. The molecule has 5 nitrogen and oxygen atoms in total. The number of fused-ring (bicyclic) bond motifs is 1. The number of methoxy groups -OCH3 is 1. The van der Waals surface area contributed by atoms with Crippen molar-refractivity contribution in [3.05, 3.63) is 105 Å². The zero-order valence-electron chi connectivity index (χ0n) is 23.3. The number of pyridine rings is 1. The second-order valence-electron chi connectivity index (χ2n) is 10.5. The third-order valence-corrected chi connectivity index (χ3v) is 7.39. The summed E-state index contributed by atoms with van der Waals surface area (Å²) in [4.78, 5) is 29.4. The van der Waals surface area contributed by atoms with Crippen LogP contribution in [0.5, 0.6) is 0 Å². The minimum atomic E-state index is -0.180. The van der Waals surface area contributed by atoms with E-state index in [-0.39, 0.29) is 23.9 Å². The van der Waals surface area contributed by atoms with Crippen molar-refractivity contribution >= 4 is 17.2 Å². The maximum absolute atomic E-state index is 13.8. The second kappa shape index (κ2) is 11.3. The van der Waals surface area contributed by atoms with E-state index in [4.69, 9.17) is 4.74 Å². The average Bonchev–Trinajstić information content (AvgIpc) is 3.23. The number of ether oxygens (including phenoxy) is 1. The molecule has 1 aliphatic carbocycles. The Morgan fingerprint density at radius 3 is 2.58 bits per heavy atom. The topological polar surface area (TPSA) is 71.2 Å². The second-order valence-corrected chi connectivity index (χ2v) is 10.5. The summed E-state index contributed by atoms with van der Waals surface area (Å²) >= 11 is 0. The highest BCUT2D eigenvalue weighted by Gasteiger charge is 2.29. The van der Waals surface area contributed by atoms with Gasteiger partial charge in [-0.15, -0.1) is 0 Å². The highest BCUT2D eigenvalue weighted by atomic mass is 16.5. The predicted octanol–water partition coefficient (Wildman–Crippen LogP) is 7.01. The van der Waals surface area contributed by atoms with E-state index < -0.39 is 0 Å². The van der Waals surface area contributed by atoms with Crippen LogP contribution in [0.2, 0.25) is 0 Å². The SMILES string of the molecule is C=C(OC)c1cccc(-c2cc(C(=O)NCc3c(CCC)cc(C)[nH]c3=O)c3c(c2)C(C(C)C)C=C3C)c1. The summed E-state index contributed by atoms with van der Waals surface area (Å²) in [5, 5.41) is 3.07. The number of benzene rings is 2. The van der Waals surface area contributed by atoms with Crippen LogP contribution in [0.3, 0.4) is 0 Å². The molecule has 198 valence electrons. The molecule has 4 rings (SSSR count). The summed E-state index contributed by atoms with van der Waals surface area (Å²) in [6, 6.07) is 14.2. The number of carbonyl (C=O) groups is 1. The summed E-state index contributed by atoms with van der Waals surface area (Å²) < 4.78 is 5.35. The third kappa shape index (κ3) is 5.38. The van der Waals surface area contributed by atoms with Crippen LogP contribution in [0.15, 0.2) is 59.9 Å². The number of aryl methyl sites for hydroxylation is 2. The van der Waals surface area contributed by atoms with Crippen LogP contribution in [-0.2, 0) is 17.7 Å². The summed E-state index contributed by atoms with van der Waals surface area (Å²) in [7, 11) is 1.61. The Kier molecular flexibility index (Phi) is 8.05. The summed E-state index contributed by atoms with van der Waals surface area (Å²) in [5.41, 5.74) is 9.05. The molecule has 1 heterocycles. The van der Waals surface area contributed by atoms with E-state index in [9.17, 15) is 9.59 Å². The Balaban J connectivity index is 1.77. The summed E-state index contributed by atoms with van der Waals surface area (Å²) in [5.74, 6) is 1.03. The van der Waals surface area contributed by atoms with Crippen molar-refractivity contribution in [2.45, 2.75) is 59.9 Å². The minimum absolute atomic E-state index is 0.140. The number of allylic oxidation sites excluding steroid dienone is 2. The van der Waals surface area contributed by atoms with Crippen LogP contribution in [0.4, 0.5) is 0 Å². The normalized spacial score (nSPS) is 14.3. The standard InChI is InChI=1S/C33H38N2O3/c1-8-10-25-14-21(5)35-33(37)30(25)18-34-32(36)29-17-26(24-12-9-11-23(15-24)22(6)38-7)16-28-27(19(2)3)13-20(4)31(28)29/h9,11-17,19,27H,6,8,10,18H2,1-5,7H3,(H,34,36)(H,35,37). The van der Waals surface area contributed by atoms with Gasteiger partial charge in [-0.25, -0.2) is 0 Å². The van der Waals surface area contributed by atoms with Gasteiger partial charge in [0.1, 0.15) is 5.76 Å². The lowest BCUT2D eigenvalue weighted by molar-refractivity contribution is 0.0950. The quantitative estimate of drug-likeness (QED) is 0.304. The van der Waals surface area contributed by atoms with E-state index >= 15 is 0 Å². The molecule has 0 fully saturated rings. The Hall–Kier alpha value is -3.86. The highest BCUT2D eigenvalue weighted by molar-refractivity contribution is 6.02. The molecule has 1 atom stereocenters. The molecule has 5 heteroatoms. The fourth-order valence-electron chi connectivity index (χ4n) is 5.43. The van der Waals surface area contributed by atoms with Crippen LogP contribution in [-0.4, -0.2) is 18.0 Å². The third-order valence-electron chi connectivity index (χ3n) is 7.39. The van der Waals surface area contributed by atoms with Crippen molar-refractivity contribution in [1.29, 1.82) is 0 Å². The first-order valence-corrected chi connectivity index (χ1v) is 13.3. The van der Waals surface area contributed by atoms with Crippen molar-refractivity contribution < 1.29 is 9.53 Å². The molecular formula is C33H38N2O3. The van der Waals surface area contributed by atoms with Gasteiger partial charge in [0.15, 0.2) is 0 Å². The van der Waals surface area contributed by atoms with Gasteiger partial charge in [0.2, 0.25) is 0 Å². The lowest BCUT2D eigenvalue weighted by Crippen LogP contribution is -2.29. The molecule has 0 saturated heterocycles. The number of nitrogens with one attached hydrogen (secondary N) is 2. The first kappa shape index (κ1) is 27.2. The van der Waals surface area contributed by atoms with Crippen molar-refractivity contribution in [3.8, 4) is 11.1 Å². The first-order chi connectivity index (χ1) is 18.1. The first-order valence-electron chi connectivity index (χ1n) is 13.3. The molecule has 1 aliphatic rings. The fourth-order valence-corrected chi connectivity index (χ4v) is 5.43. The Labute approximate surface area is 225 Å². The average molecular weight is 511 g/mol. The molecule has 0 spiro atoms. The zero-order chi connectivity index (χ0) is 27.6. The summed E-state index contributed by atoms with van der Waals surface area (Å²) in [6.07, 6.45) is 3.99. The van der Waals surface area contributed by atoms with E-state index in [0.717, 1.165) is 57.5 Å². The number of carbonyl (C=O) groups excluding carboxylic acids is 1. The number of amides is 1. The van der Waals surface area contributed by atoms with Gasteiger partial charge in [0.25, 0.3) is 11.5 Å². The molecule has 0 bridgehead atoms. The molecular weight excluding hydrogens is 472 g/mol. The van der Waals surface area contributed by atoms with E-state index in [2.05, 4.69) is 56.7 Å². The largest absolute Gasteiger partial charge is 0.497 e. The van der Waals surface area contributed by atoms with Crippen molar-refractivity contribution in [2.75, 3.05) is 7.11 Å². The number of rotatable bonds is 9. The van der Waals surface area contributed by atoms with Gasteiger partial charge >= 0.3 is 0 Å². The van der Waals surface area contributed by atoms with E-state index in [1.807, 2.05) is 43.3 Å². The lowest BCUT2D eigenvalue weighted by atomic mass is 9.86. The van der Waals surface area contributed by atoms with Crippen LogP contribution in [0.1, 0.15) is 83.9 Å². The van der Waals surface area contributed by atoms with Crippen LogP contribution < -0.4 is 10.9 Å². The van der Waals surface area contributed by atoms with Crippen molar-refractivity contribution in [3.63, 3.8) is 0 Å². The van der Waals surface area contributed by atoms with Gasteiger partial charge in [-0.3, -0.25) is 9.59 Å². The van der Waals surface area contributed by atoms with Gasteiger partial charge in [-0.05, 0) is 83.8 Å². The van der Waals surface area contributed by atoms with E-state index in [0.29, 0.717) is 22.8 Å². The summed E-state index contributed by atoms with van der Waals surface area (Å²) in [6.45, 7) is 14.6. The molecule has 1 amide bonds. The number of H-pyrrole nitrogens is 1. The van der Waals surface area contributed by atoms with Crippen molar-refractivity contribution in [2.24, 2.45) is 5.92 Å². The van der Waals surface area contributed by atoms with Gasteiger partial charge in [-0.1, -0.05) is 58.0 Å². The molecule has 38 heavy (non-hydrogen) atoms. The maximum Gasteiger partial charge on any atom is 0.253 e. The molecule has 0 aliphatic heterocycles. The molecule has 1 aromatic heterocycles. The number of aromatic nitrogens is 1. The number of hydrogen-bond donors (Lipinski definition) is 2. The molecule has 2 N–H and O–H groups in total. The Bertz CT molecular complexity index is 1480. The fraction of sp³-hybridized carbons (Fsp3) is 0.333. The number of hydrogen-bond acceptors (Lipinski definition) is 3. The minimum Gasteiger partial charge on any atom is -0.497 e. The monoisotopic (exact) mass is 510 g/mol. The predicted molar refractivity (Wildman–Crippen MR) is 156 cm³/mol. The lowest BCUT2D eigenvalue weighted by Gasteiger charge is -2.19. The number of aromatic amines is 1. The molecule has 2 aromatic carbocycles. The van der Waals surface area contributed by atoms with Crippen molar-refractivity contribution in [1.82, 2.24) is 10.3 Å². The molecule has 3 aromatic rings. The molecule has 0 radical (unpaired) electrons. The Morgan fingerprint density at radius 1 is 1.13 bits per heavy atom. The van der Waals surface area contributed by atoms with Gasteiger partial charge in [0.05, 0.1) is 7.11 Å². The highest BCUT2D eigenvalue weighted by Crippen LogP contribution is 2.44. The van der Waals surface area contributed by atoms with Gasteiger partial charge < -0.3 is 15.0 Å². The van der Waals surface area contributed by atoms with Crippen LogP contribution >= 0.6 is 0 Å². The van der Waals surface area contributed by atoms with Crippen LogP contribution in [0.25, 0.3) is 22.5 Å². The maximum atomic E-state index is 13.8. The van der Waals surface area contributed by atoms with E-state index in [1.165, 1.54) is 0 Å².